The third-order valence-electron chi connectivity index (χ3n) is 4.06. The lowest BCUT2D eigenvalue weighted by Crippen LogP contribution is -2.47. The molecule has 1 aromatic heterocycles. The number of amides is 1. The SMILES string of the molecule is Cc1cc(C)cc(S(=O)(=O)N2CSC[C@@H]2C(=O)NCc2csc(C)n2)c1. The van der Waals surface area contributed by atoms with Crippen molar-refractivity contribution in [2.24, 2.45) is 0 Å². The number of nitrogens with zero attached hydrogens (tertiary/aromatic N) is 2. The van der Waals surface area contributed by atoms with Crippen LogP contribution in [0.15, 0.2) is 28.5 Å². The zero-order chi connectivity index (χ0) is 18.9. The number of thiazole rings is 1. The molecule has 1 saturated heterocycles. The minimum Gasteiger partial charge on any atom is -0.349 e. The summed E-state index contributed by atoms with van der Waals surface area (Å²) in [7, 11) is -3.72. The van der Waals surface area contributed by atoms with Crippen LogP contribution in [0.2, 0.25) is 0 Å². The lowest BCUT2D eigenvalue weighted by Gasteiger charge is -2.23. The van der Waals surface area contributed by atoms with Crippen molar-refractivity contribution in [2.75, 3.05) is 11.6 Å². The molecule has 1 aliphatic heterocycles. The summed E-state index contributed by atoms with van der Waals surface area (Å²) < 4.78 is 27.4. The Bertz CT molecular complexity index is 904. The normalized spacial score (nSPS) is 18.2. The van der Waals surface area contributed by atoms with Gasteiger partial charge in [-0.2, -0.15) is 4.31 Å². The fourth-order valence-corrected chi connectivity index (χ4v) is 6.82. The van der Waals surface area contributed by atoms with Gasteiger partial charge in [0.2, 0.25) is 15.9 Å². The lowest BCUT2D eigenvalue weighted by molar-refractivity contribution is -0.124. The van der Waals surface area contributed by atoms with Crippen LogP contribution in [0.5, 0.6) is 0 Å². The van der Waals surface area contributed by atoms with Crippen LogP contribution in [0.1, 0.15) is 21.8 Å². The second-order valence-electron chi connectivity index (χ2n) is 6.31. The van der Waals surface area contributed by atoms with E-state index in [4.69, 9.17) is 0 Å². The smallest absolute Gasteiger partial charge is 0.244 e. The van der Waals surface area contributed by atoms with E-state index in [1.165, 1.54) is 27.4 Å². The molecule has 3 rings (SSSR count). The van der Waals surface area contributed by atoms with Gasteiger partial charge < -0.3 is 5.32 Å². The number of hydrogen-bond acceptors (Lipinski definition) is 6. The average molecular weight is 412 g/mol. The van der Waals surface area contributed by atoms with Crippen molar-refractivity contribution in [1.29, 1.82) is 0 Å². The van der Waals surface area contributed by atoms with E-state index in [2.05, 4.69) is 10.3 Å². The largest absolute Gasteiger partial charge is 0.349 e. The third-order valence-corrected chi connectivity index (χ3v) is 7.89. The predicted molar refractivity (Wildman–Crippen MR) is 105 cm³/mol. The third kappa shape index (κ3) is 4.11. The molecule has 0 bridgehead atoms. The molecule has 1 aromatic carbocycles. The van der Waals surface area contributed by atoms with Crippen LogP contribution < -0.4 is 5.32 Å². The molecule has 140 valence electrons. The minimum absolute atomic E-state index is 0.241. The van der Waals surface area contributed by atoms with E-state index >= 15 is 0 Å². The lowest BCUT2D eigenvalue weighted by atomic mass is 10.2. The van der Waals surface area contributed by atoms with Gasteiger partial charge in [-0.25, -0.2) is 13.4 Å². The highest BCUT2D eigenvalue weighted by atomic mass is 32.2. The molecule has 1 aliphatic rings. The highest BCUT2D eigenvalue weighted by Gasteiger charge is 2.40. The van der Waals surface area contributed by atoms with Crippen LogP contribution >= 0.6 is 23.1 Å². The number of aromatic nitrogens is 1. The van der Waals surface area contributed by atoms with E-state index in [0.717, 1.165) is 21.8 Å². The summed E-state index contributed by atoms with van der Waals surface area (Å²) in [6, 6.07) is 4.53. The molecule has 0 aliphatic carbocycles. The van der Waals surface area contributed by atoms with Crippen molar-refractivity contribution in [3.05, 3.63) is 45.4 Å². The van der Waals surface area contributed by atoms with E-state index in [1.54, 1.807) is 12.1 Å². The summed E-state index contributed by atoms with van der Waals surface area (Å²) in [4.78, 5) is 17.1. The highest BCUT2D eigenvalue weighted by molar-refractivity contribution is 8.00. The Morgan fingerprint density at radius 1 is 1.27 bits per heavy atom. The van der Waals surface area contributed by atoms with E-state index in [-0.39, 0.29) is 16.7 Å². The van der Waals surface area contributed by atoms with Crippen molar-refractivity contribution < 1.29 is 13.2 Å². The summed E-state index contributed by atoms with van der Waals surface area (Å²) in [5.74, 6) is 0.448. The summed E-state index contributed by atoms with van der Waals surface area (Å²) in [6.45, 7) is 5.94. The summed E-state index contributed by atoms with van der Waals surface area (Å²) in [5, 5.41) is 5.64. The number of hydrogen-bond donors (Lipinski definition) is 1. The molecule has 2 aromatic rings. The molecule has 1 fully saturated rings. The standard InChI is InChI=1S/C17H21N3O3S3/c1-11-4-12(2)6-15(5-11)26(22,23)20-10-24-9-16(20)17(21)18-7-14-8-25-13(3)19-14/h4-6,8,16H,7,9-10H2,1-3H3,(H,18,21)/t16-/m1/s1. The fourth-order valence-electron chi connectivity index (χ4n) is 2.87. The van der Waals surface area contributed by atoms with E-state index in [0.29, 0.717) is 12.3 Å². The number of benzene rings is 1. The molecule has 6 nitrogen and oxygen atoms in total. The van der Waals surface area contributed by atoms with Gasteiger partial charge in [-0.05, 0) is 44.0 Å². The van der Waals surface area contributed by atoms with Gasteiger partial charge in [-0.3, -0.25) is 4.79 Å². The van der Waals surface area contributed by atoms with E-state index < -0.39 is 16.1 Å². The van der Waals surface area contributed by atoms with Crippen molar-refractivity contribution in [3.63, 3.8) is 0 Å². The van der Waals surface area contributed by atoms with Crippen LogP contribution in [0, 0.1) is 20.8 Å². The topological polar surface area (TPSA) is 79.4 Å². The Morgan fingerprint density at radius 3 is 2.58 bits per heavy atom. The second-order valence-corrected chi connectivity index (χ2v) is 10.3. The van der Waals surface area contributed by atoms with Gasteiger partial charge >= 0.3 is 0 Å². The first kappa shape index (κ1) is 19.3. The maximum Gasteiger partial charge on any atom is 0.244 e. The molecule has 0 unspecified atom stereocenters. The molecular formula is C17H21N3O3S3. The predicted octanol–water partition coefficient (Wildman–Crippen LogP) is 2.45. The molecule has 1 N–H and O–H groups in total. The first-order chi connectivity index (χ1) is 12.3. The van der Waals surface area contributed by atoms with Crippen LogP contribution in [0.25, 0.3) is 0 Å². The minimum atomic E-state index is -3.72. The molecule has 0 radical (unpaired) electrons. The zero-order valence-corrected chi connectivity index (χ0v) is 17.3. The Kier molecular flexibility index (Phi) is 5.71. The van der Waals surface area contributed by atoms with Crippen LogP contribution in [0.3, 0.4) is 0 Å². The van der Waals surface area contributed by atoms with Crippen molar-refractivity contribution in [3.8, 4) is 0 Å². The number of sulfonamides is 1. The summed E-state index contributed by atoms with van der Waals surface area (Å²) in [6.07, 6.45) is 0. The van der Waals surface area contributed by atoms with Crippen LogP contribution in [-0.4, -0.2) is 41.3 Å². The van der Waals surface area contributed by atoms with Gasteiger partial charge in [0.25, 0.3) is 0 Å². The molecule has 1 atom stereocenters. The number of rotatable bonds is 5. The Labute approximate surface area is 162 Å². The van der Waals surface area contributed by atoms with Gasteiger partial charge in [0.05, 0.1) is 28.0 Å². The maximum atomic E-state index is 13.1. The van der Waals surface area contributed by atoms with Gasteiger partial charge in [0.15, 0.2) is 0 Å². The number of aryl methyl sites for hydroxylation is 3. The zero-order valence-electron chi connectivity index (χ0n) is 14.9. The molecule has 26 heavy (non-hydrogen) atoms. The number of carbonyl (C=O) groups excluding carboxylic acids is 1. The second kappa shape index (κ2) is 7.67. The molecule has 9 heteroatoms. The Balaban J connectivity index is 1.77. The molecule has 0 spiro atoms. The maximum absolute atomic E-state index is 13.1. The number of thioether (sulfide) groups is 1. The quantitative estimate of drug-likeness (QED) is 0.818. The molecule has 0 saturated carbocycles. The highest BCUT2D eigenvalue weighted by Crippen LogP contribution is 2.29. The average Bonchev–Trinajstić information content (AvgIpc) is 3.21. The summed E-state index contributed by atoms with van der Waals surface area (Å²) >= 11 is 2.97. The number of nitrogens with one attached hydrogen (secondary N) is 1. The van der Waals surface area contributed by atoms with Crippen LogP contribution in [-0.2, 0) is 21.4 Å². The fraction of sp³-hybridized carbons (Fsp3) is 0.412. The Hall–Kier alpha value is -1.42. The van der Waals surface area contributed by atoms with E-state index in [1.807, 2.05) is 32.2 Å². The van der Waals surface area contributed by atoms with Crippen molar-refractivity contribution >= 4 is 39.0 Å². The van der Waals surface area contributed by atoms with Gasteiger partial charge in [-0.15, -0.1) is 23.1 Å². The van der Waals surface area contributed by atoms with Crippen molar-refractivity contribution in [1.82, 2.24) is 14.6 Å². The summed E-state index contributed by atoms with van der Waals surface area (Å²) in [5.41, 5.74) is 2.56. The van der Waals surface area contributed by atoms with Gasteiger partial charge in [-0.1, -0.05) is 6.07 Å². The van der Waals surface area contributed by atoms with Gasteiger partial charge in [0, 0.05) is 11.1 Å². The molecule has 2 heterocycles. The van der Waals surface area contributed by atoms with Crippen LogP contribution in [0.4, 0.5) is 0 Å². The number of carbonyl (C=O) groups is 1. The van der Waals surface area contributed by atoms with Gasteiger partial charge in [0.1, 0.15) is 6.04 Å². The molecular weight excluding hydrogens is 390 g/mol. The molecule has 1 amide bonds. The first-order valence-electron chi connectivity index (χ1n) is 8.14. The van der Waals surface area contributed by atoms with Crippen molar-refractivity contribution in [2.45, 2.75) is 38.3 Å². The monoisotopic (exact) mass is 411 g/mol. The van der Waals surface area contributed by atoms with E-state index in [9.17, 15) is 13.2 Å². The Morgan fingerprint density at radius 2 is 1.96 bits per heavy atom. The first-order valence-corrected chi connectivity index (χ1v) is 11.6.